The number of carbonyl (C=O) groups excluding carboxylic acids is 2. The lowest BCUT2D eigenvalue weighted by Gasteiger charge is -2.10. The molecular formula is C23H34Br2FN5O2. The Morgan fingerprint density at radius 1 is 1.03 bits per heavy atom. The molecule has 2 aromatic rings. The molecule has 3 heterocycles. The summed E-state index contributed by atoms with van der Waals surface area (Å²) in [4.78, 5) is 29.4. The van der Waals surface area contributed by atoms with Gasteiger partial charge in [0.05, 0.1) is 47.4 Å². The lowest BCUT2D eigenvalue weighted by molar-refractivity contribution is -0.131. The SMILES string of the molecule is Cc1cc(Br)nc(C(C)C)c1N.Cc1ccnc(C(C)C)c1N.O=C1CCC(=O)N1Br.[2H]CF. The number of aryl methyl sites for hydroxylation is 2. The lowest BCUT2D eigenvalue weighted by Crippen LogP contribution is -2.16. The van der Waals surface area contributed by atoms with Crippen LogP contribution in [0, 0.1) is 13.8 Å². The number of aromatic nitrogens is 2. The Bertz CT molecular complexity index is 945. The zero-order chi connectivity index (χ0) is 26.6. The van der Waals surface area contributed by atoms with E-state index in [-0.39, 0.29) is 11.8 Å². The van der Waals surface area contributed by atoms with Crippen molar-refractivity contribution in [2.75, 3.05) is 18.6 Å². The van der Waals surface area contributed by atoms with Crippen LogP contribution in [0.15, 0.2) is 22.9 Å². The van der Waals surface area contributed by atoms with Crippen LogP contribution in [0.25, 0.3) is 0 Å². The van der Waals surface area contributed by atoms with E-state index in [2.05, 4.69) is 69.7 Å². The molecule has 0 bridgehead atoms. The van der Waals surface area contributed by atoms with Gasteiger partial charge in [-0.05, 0) is 64.9 Å². The highest BCUT2D eigenvalue weighted by molar-refractivity contribution is 9.10. The summed E-state index contributed by atoms with van der Waals surface area (Å²) in [5.41, 5.74) is 17.5. The molecule has 0 spiro atoms. The predicted molar refractivity (Wildman–Crippen MR) is 140 cm³/mol. The maximum atomic E-state index is 10.4. The van der Waals surface area contributed by atoms with E-state index in [1.54, 1.807) is 6.20 Å². The first-order chi connectivity index (χ1) is 15.8. The van der Waals surface area contributed by atoms with Crippen LogP contribution >= 0.6 is 32.1 Å². The Morgan fingerprint density at radius 3 is 1.85 bits per heavy atom. The normalized spacial score (nSPS) is 12.9. The van der Waals surface area contributed by atoms with Gasteiger partial charge in [-0.2, -0.15) is 0 Å². The number of pyridine rings is 2. The first kappa shape index (κ1) is 29.0. The van der Waals surface area contributed by atoms with Gasteiger partial charge in [-0.25, -0.2) is 8.91 Å². The van der Waals surface area contributed by atoms with E-state index >= 15 is 0 Å². The largest absolute Gasteiger partial charge is 0.397 e. The molecule has 1 fully saturated rings. The minimum Gasteiger partial charge on any atom is -0.397 e. The Kier molecular flexibility index (Phi) is 13.1. The Balaban J connectivity index is 0.000000461. The van der Waals surface area contributed by atoms with Crippen LogP contribution in [0.2, 0.25) is 0 Å². The summed E-state index contributed by atoms with van der Waals surface area (Å²) in [5, 5.41) is 0. The van der Waals surface area contributed by atoms with Crippen molar-refractivity contribution in [2.45, 2.75) is 66.2 Å². The maximum Gasteiger partial charge on any atom is 0.239 e. The third-order valence-electron chi connectivity index (χ3n) is 4.59. The molecule has 0 aromatic carbocycles. The molecule has 2 amide bonds. The summed E-state index contributed by atoms with van der Waals surface area (Å²) < 4.78 is 17.3. The second-order valence-corrected chi connectivity index (χ2v) is 9.39. The second-order valence-electron chi connectivity index (χ2n) is 7.87. The van der Waals surface area contributed by atoms with E-state index in [0.29, 0.717) is 24.7 Å². The van der Waals surface area contributed by atoms with Crippen LogP contribution in [-0.4, -0.2) is 32.9 Å². The summed E-state index contributed by atoms with van der Waals surface area (Å²) in [5.74, 6) is 0.501. The standard InChI is InChI=1S/C9H13BrN2.C9H14N2.C4H4BrNO2.CH3F/c1-5(2)9-8(11)6(3)4-7(10)12-9;1-6(2)9-8(10)7(3)4-5-11-9;5-6-3(7)1-2-4(6)8;1-2/h4-5H,11H2,1-3H3;4-6H,10H2,1-3H3;1-2H2;1H3/i;;;1D. The van der Waals surface area contributed by atoms with Crippen molar-refractivity contribution in [1.29, 1.82) is 0 Å². The number of anilines is 2. The summed E-state index contributed by atoms with van der Waals surface area (Å²) in [6.45, 7) is 12.4. The van der Waals surface area contributed by atoms with Gasteiger partial charge in [0.2, 0.25) is 11.8 Å². The van der Waals surface area contributed by atoms with E-state index in [1.165, 1.54) is 0 Å². The number of amides is 2. The fourth-order valence-electron chi connectivity index (χ4n) is 2.71. The number of hydrogen-bond acceptors (Lipinski definition) is 6. The van der Waals surface area contributed by atoms with Crippen molar-refractivity contribution in [3.8, 4) is 0 Å². The van der Waals surface area contributed by atoms with E-state index in [4.69, 9.17) is 12.8 Å². The van der Waals surface area contributed by atoms with E-state index in [9.17, 15) is 14.0 Å². The summed E-state index contributed by atoms with van der Waals surface area (Å²) in [6.07, 6.45) is 2.51. The van der Waals surface area contributed by atoms with Crippen molar-refractivity contribution in [2.24, 2.45) is 0 Å². The van der Waals surface area contributed by atoms with E-state index < -0.39 is 7.15 Å². The molecule has 0 unspecified atom stereocenters. The zero-order valence-electron chi connectivity index (χ0n) is 21.0. The van der Waals surface area contributed by atoms with Crippen LogP contribution in [0.4, 0.5) is 15.8 Å². The molecule has 0 radical (unpaired) electrons. The quantitative estimate of drug-likeness (QED) is 0.252. The molecule has 1 saturated heterocycles. The number of nitrogens with zero attached hydrogens (tertiary/aromatic N) is 3. The van der Waals surface area contributed by atoms with Crippen LogP contribution in [0.1, 0.15) is 76.3 Å². The smallest absolute Gasteiger partial charge is 0.239 e. The van der Waals surface area contributed by atoms with Crippen LogP contribution in [0.5, 0.6) is 0 Å². The number of alkyl halides is 1. The van der Waals surface area contributed by atoms with Crippen molar-refractivity contribution < 1.29 is 15.4 Å². The molecule has 10 heteroatoms. The maximum absolute atomic E-state index is 10.4. The van der Waals surface area contributed by atoms with Crippen molar-refractivity contribution in [1.82, 2.24) is 13.9 Å². The number of hydrogen-bond donors (Lipinski definition) is 2. The van der Waals surface area contributed by atoms with Gasteiger partial charge in [0, 0.05) is 19.0 Å². The topological polar surface area (TPSA) is 115 Å². The van der Waals surface area contributed by atoms with Gasteiger partial charge in [-0.15, -0.1) is 0 Å². The summed E-state index contributed by atoms with van der Waals surface area (Å²) in [6, 6.07) is 3.86. The first-order valence-corrected chi connectivity index (χ1v) is 11.8. The molecule has 0 atom stereocenters. The lowest BCUT2D eigenvalue weighted by atomic mass is 10.1. The summed E-state index contributed by atoms with van der Waals surface area (Å²) in [7, 11) is -1.00. The van der Waals surface area contributed by atoms with Gasteiger partial charge in [-0.1, -0.05) is 27.7 Å². The molecular weight excluding hydrogens is 557 g/mol. The Labute approximate surface area is 214 Å². The molecule has 0 aliphatic carbocycles. The molecule has 4 N–H and O–H groups in total. The minimum absolute atomic E-state index is 0.144. The number of halogens is 3. The van der Waals surface area contributed by atoms with Gasteiger partial charge in [0.1, 0.15) is 4.60 Å². The zero-order valence-corrected chi connectivity index (χ0v) is 23.1. The van der Waals surface area contributed by atoms with Crippen molar-refractivity contribution in [3.05, 3.63) is 45.4 Å². The minimum atomic E-state index is -1.00. The molecule has 184 valence electrons. The third-order valence-corrected chi connectivity index (χ3v) is 5.78. The molecule has 1 aliphatic rings. The molecule has 0 saturated carbocycles. The summed E-state index contributed by atoms with van der Waals surface area (Å²) >= 11 is 6.15. The van der Waals surface area contributed by atoms with Gasteiger partial charge in [0.15, 0.2) is 0 Å². The van der Waals surface area contributed by atoms with Gasteiger partial charge in [0.25, 0.3) is 0 Å². The number of nitrogens with two attached hydrogens (primary N) is 2. The third kappa shape index (κ3) is 9.75. The van der Waals surface area contributed by atoms with Gasteiger partial charge >= 0.3 is 0 Å². The highest BCUT2D eigenvalue weighted by Gasteiger charge is 2.26. The average molecular weight is 592 g/mol. The monoisotopic (exact) mass is 590 g/mol. The molecule has 3 rings (SSSR count). The first-order valence-electron chi connectivity index (χ1n) is 11.0. The second kappa shape index (κ2) is 15.0. The van der Waals surface area contributed by atoms with Crippen LogP contribution in [-0.2, 0) is 9.59 Å². The van der Waals surface area contributed by atoms with E-state index in [0.717, 1.165) is 42.4 Å². The molecule has 33 heavy (non-hydrogen) atoms. The number of nitrogen functional groups attached to an aromatic ring is 2. The van der Waals surface area contributed by atoms with Gasteiger partial charge < -0.3 is 11.5 Å². The highest BCUT2D eigenvalue weighted by atomic mass is 79.9. The Hall–Kier alpha value is -2.07. The number of imide groups is 1. The fraction of sp³-hybridized carbons (Fsp3) is 0.478. The number of carbonyl (C=O) groups is 2. The Morgan fingerprint density at radius 2 is 1.48 bits per heavy atom. The average Bonchev–Trinajstić information content (AvgIpc) is 3.04. The number of rotatable bonds is 2. The predicted octanol–water partition coefficient (Wildman–Crippen LogP) is 5.98. The molecule has 2 aromatic heterocycles. The fourth-order valence-corrected chi connectivity index (χ4v) is 3.60. The molecule has 1 aliphatic heterocycles. The van der Waals surface area contributed by atoms with Crippen molar-refractivity contribution in [3.63, 3.8) is 0 Å². The highest BCUT2D eigenvalue weighted by Crippen LogP contribution is 2.25. The van der Waals surface area contributed by atoms with Gasteiger partial charge in [-0.3, -0.25) is 19.0 Å². The van der Waals surface area contributed by atoms with E-state index in [1.807, 2.05) is 26.0 Å². The van der Waals surface area contributed by atoms with Crippen LogP contribution < -0.4 is 11.5 Å². The molecule has 7 nitrogen and oxygen atoms in total. The van der Waals surface area contributed by atoms with Crippen LogP contribution in [0.3, 0.4) is 0 Å². The van der Waals surface area contributed by atoms with Crippen molar-refractivity contribution >= 4 is 55.3 Å².